The Morgan fingerprint density at radius 1 is 1.16 bits per heavy atom. The highest BCUT2D eigenvalue weighted by molar-refractivity contribution is 5.79. The zero-order chi connectivity index (χ0) is 17.4. The van der Waals surface area contributed by atoms with Gasteiger partial charge in [-0.3, -0.25) is 0 Å². The number of hydrogen-bond donors (Lipinski definition) is 1. The van der Waals surface area contributed by atoms with E-state index < -0.39 is 18.4 Å². The van der Waals surface area contributed by atoms with Crippen LogP contribution in [-0.4, -0.2) is 48.1 Å². The summed E-state index contributed by atoms with van der Waals surface area (Å²) in [5, 5.41) is 9.09. The van der Waals surface area contributed by atoms with Crippen molar-refractivity contribution in [2.75, 3.05) is 26.3 Å². The Kier molecular flexibility index (Phi) is 3.96. The van der Waals surface area contributed by atoms with Crippen molar-refractivity contribution in [3.8, 4) is 11.1 Å². The van der Waals surface area contributed by atoms with Crippen LogP contribution in [0.4, 0.5) is 9.18 Å². The van der Waals surface area contributed by atoms with Gasteiger partial charge in [0.25, 0.3) is 0 Å². The number of alkyl halides is 1. The van der Waals surface area contributed by atoms with Crippen LogP contribution < -0.4 is 0 Å². The van der Waals surface area contributed by atoms with E-state index in [2.05, 4.69) is 24.3 Å². The molecule has 1 atom stereocenters. The second-order valence-electron chi connectivity index (χ2n) is 6.78. The van der Waals surface area contributed by atoms with E-state index in [0.717, 1.165) is 11.1 Å². The Morgan fingerprint density at radius 2 is 1.76 bits per heavy atom. The molecule has 130 valence electrons. The third kappa shape index (κ3) is 2.78. The Balaban J connectivity index is 1.49. The molecule has 2 aromatic carbocycles. The van der Waals surface area contributed by atoms with Gasteiger partial charge in [-0.15, -0.1) is 0 Å². The normalized spacial score (nSPS) is 21.9. The Morgan fingerprint density at radius 3 is 2.32 bits per heavy atom. The lowest BCUT2D eigenvalue weighted by Crippen LogP contribution is -2.36. The molecular weight excluding hydrogens is 321 g/mol. The van der Waals surface area contributed by atoms with Crippen LogP contribution in [0, 0.1) is 0 Å². The zero-order valence-electron chi connectivity index (χ0n) is 13.8. The second-order valence-corrected chi connectivity index (χ2v) is 6.78. The number of likely N-dealkylation sites (tertiary alicyclic amines) is 1. The van der Waals surface area contributed by atoms with Crippen LogP contribution in [0.25, 0.3) is 11.1 Å². The minimum atomic E-state index is -1.70. The molecule has 0 radical (unpaired) electrons. The van der Waals surface area contributed by atoms with Crippen LogP contribution in [0.3, 0.4) is 0 Å². The number of nitrogens with zero attached hydrogens (tertiary/aromatic N) is 1. The summed E-state index contributed by atoms with van der Waals surface area (Å²) in [5.74, 6) is -0.00747. The standard InChI is InChI=1S/C20H20FNO3/c21-20(13-23)9-10-22(12-20)19(24)25-11-18-16-7-3-1-5-14(16)15-6-2-4-8-17(15)18/h1-8,18,23H,9-13H2. The van der Waals surface area contributed by atoms with Crippen LogP contribution in [0.2, 0.25) is 0 Å². The summed E-state index contributed by atoms with van der Waals surface area (Å²) in [6, 6.07) is 16.2. The van der Waals surface area contributed by atoms with E-state index in [1.54, 1.807) is 0 Å². The van der Waals surface area contributed by atoms with Gasteiger partial charge in [0, 0.05) is 18.9 Å². The molecule has 1 unspecified atom stereocenters. The zero-order valence-corrected chi connectivity index (χ0v) is 13.8. The lowest BCUT2D eigenvalue weighted by molar-refractivity contribution is 0.0680. The van der Waals surface area contributed by atoms with Gasteiger partial charge in [-0.1, -0.05) is 48.5 Å². The molecule has 4 nitrogen and oxygen atoms in total. The summed E-state index contributed by atoms with van der Waals surface area (Å²) in [6.07, 6.45) is -0.372. The number of hydrogen-bond acceptors (Lipinski definition) is 3. The van der Waals surface area contributed by atoms with Crippen molar-refractivity contribution < 1.29 is 19.0 Å². The maximum absolute atomic E-state index is 14.1. The fourth-order valence-electron chi connectivity index (χ4n) is 3.81. The van der Waals surface area contributed by atoms with Crippen molar-refractivity contribution in [3.63, 3.8) is 0 Å². The molecule has 2 aliphatic rings. The summed E-state index contributed by atoms with van der Waals surface area (Å²) in [6.45, 7) is -0.185. The maximum Gasteiger partial charge on any atom is 0.409 e. The number of carbonyl (C=O) groups is 1. The average molecular weight is 341 g/mol. The third-order valence-electron chi connectivity index (χ3n) is 5.18. The van der Waals surface area contributed by atoms with E-state index in [4.69, 9.17) is 9.84 Å². The molecule has 0 spiro atoms. The van der Waals surface area contributed by atoms with E-state index in [-0.39, 0.29) is 32.0 Å². The number of aliphatic hydroxyl groups excluding tert-OH is 1. The summed E-state index contributed by atoms with van der Waals surface area (Å²) in [5.41, 5.74) is 2.93. The fourth-order valence-corrected chi connectivity index (χ4v) is 3.81. The molecular formula is C20H20FNO3. The van der Waals surface area contributed by atoms with Crippen molar-refractivity contribution in [1.29, 1.82) is 0 Å². The summed E-state index contributed by atoms with van der Waals surface area (Å²) < 4.78 is 19.6. The van der Waals surface area contributed by atoms with Gasteiger partial charge in [0.1, 0.15) is 6.61 Å². The van der Waals surface area contributed by atoms with Gasteiger partial charge in [-0.25, -0.2) is 9.18 Å². The smallest absolute Gasteiger partial charge is 0.409 e. The van der Waals surface area contributed by atoms with Gasteiger partial charge in [0.05, 0.1) is 13.2 Å². The predicted octanol–water partition coefficient (Wildman–Crippen LogP) is 3.34. The average Bonchev–Trinajstić information content (AvgIpc) is 3.19. The molecule has 1 amide bonds. The minimum Gasteiger partial charge on any atom is -0.448 e. The van der Waals surface area contributed by atoms with Crippen molar-refractivity contribution in [2.45, 2.75) is 18.0 Å². The van der Waals surface area contributed by atoms with Crippen molar-refractivity contribution in [3.05, 3.63) is 59.7 Å². The molecule has 0 saturated carbocycles. The van der Waals surface area contributed by atoms with Gasteiger partial charge < -0.3 is 14.7 Å². The molecule has 1 aliphatic heterocycles. The summed E-state index contributed by atoms with van der Waals surface area (Å²) >= 11 is 0. The molecule has 0 aromatic heterocycles. The number of ether oxygens (including phenoxy) is 1. The second kappa shape index (κ2) is 6.15. The molecule has 5 heteroatoms. The first-order valence-corrected chi connectivity index (χ1v) is 8.51. The summed E-state index contributed by atoms with van der Waals surface area (Å²) in [7, 11) is 0. The van der Waals surface area contributed by atoms with E-state index in [1.165, 1.54) is 16.0 Å². The van der Waals surface area contributed by atoms with Crippen molar-refractivity contribution >= 4 is 6.09 Å². The summed E-state index contributed by atoms with van der Waals surface area (Å²) in [4.78, 5) is 13.6. The number of amides is 1. The van der Waals surface area contributed by atoms with E-state index in [0.29, 0.717) is 0 Å². The Bertz CT molecular complexity index is 764. The quantitative estimate of drug-likeness (QED) is 0.931. The van der Waals surface area contributed by atoms with Gasteiger partial charge >= 0.3 is 6.09 Å². The number of rotatable bonds is 3. The molecule has 2 aromatic rings. The van der Waals surface area contributed by atoms with Crippen LogP contribution in [0.15, 0.2) is 48.5 Å². The molecule has 1 aliphatic carbocycles. The van der Waals surface area contributed by atoms with Gasteiger partial charge in [-0.2, -0.15) is 0 Å². The lowest BCUT2D eigenvalue weighted by Gasteiger charge is -2.20. The highest BCUT2D eigenvalue weighted by Crippen LogP contribution is 2.44. The number of carbonyl (C=O) groups excluding carboxylic acids is 1. The lowest BCUT2D eigenvalue weighted by atomic mass is 9.98. The third-order valence-corrected chi connectivity index (χ3v) is 5.18. The maximum atomic E-state index is 14.1. The number of benzene rings is 2. The van der Waals surface area contributed by atoms with Gasteiger partial charge in [-0.05, 0) is 22.3 Å². The van der Waals surface area contributed by atoms with Crippen molar-refractivity contribution in [1.82, 2.24) is 4.90 Å². The highest BCUT2D eigenvalue weighted by Gasteiger charge is 2.40. The van der Waals surface area contributed by atoms with Crippen LogP contribution in [-0.2, 0) is 4.74 Å². The van der Waals surface area contributed by atoms with E-state index in [1.807, 2.05) is 24.3 Å². The first-order chi connectivity index (χ1) is 12.1. The van der Waals surface area contributed by atoms with Crippen LogP contribution >= 0.6 is 0 Å². The topological polar surface area (TPSA) is 49.8 Å². The highest BCUT2D eigenvalue weighted by atomic mass is 19.1. The molecule has 25 heavy (non-hydrogen) atoms. The largest absolute Gasteiger partial charge is 0.448 e. The van der Waals surface area contributed by atoms with Crippen LogP contribution in [0.1, 0.15) is 23.5 Å². The molecule has 1 heterocycles. The van der Waals surface area contributed by atoms with E-state index >= 15 is 0 Å². The first-order valence-electron chi connectivity index (χ1n) is 8.51. The molecule has 4 rings (SSSR count). The fraction of sp³-hybridized carbons (Fsp3) is 0.350. The SMILES string of the molecule is O=C(OCC1c2ccccc2-c2ccccc21)N1CCC(F)(CO)C1. The number of fused-ring (bicyclic) bond motifs is 3. The molecule has 1 fully saturated rings. The first kappa shape index (κ1) is 16.1. The van der Waals surface area contributed by atoms with Crippen molar-refractivity contribution in [2.24, 2.45) is 0 Å². The predicted molar refractivity (Wildman–Crippen MR) is 92.2 cm³/mol. The Hall–Kier alpha value is -2.40. The molecule has 0 bridgehead atoms. The van der Waals surface area contributed by atoms with Gasteiger partial charge in [0.15, 0.2) is 5.67 Å². The molecule has 1 saturated heterocycles. The van der Waals surface area contributed by atoms with E-state index in [9.17, 15) is 9.18 Å². The minimum absolute atomic E-state index is 0.00747. The number of aliphatic hydroxyl groups is 1. The monoisotopic (exact) mass is 341 g/mol. The van der Waals surface area contributed by atoms with Crippen LogP contribution in [0.5, 0.6) is 0 Å². The number of halogens is 1. The molecule has 1 N–H and O–H groups in total. The van der Waals surface area contributed by atoms with Gasteiger partial charge in [0.2, 0.25) is 0 Å². The Labute approximate surface area is 145 Å².